The minimum Gasteiger partial charge on any atom is -0.412 e. The van der Waals surface area contributed by atoms with E-state index in [0.29, 0.717) is 5.82 Å². The molecule has 6 nitrogen and oxygen atoms in total. The van der Waals surface area contributed by atoms with Gasteiger partial charge in [-0.1, -0.05) is 0 Å². The monoisotopic (exact) mass is 142 g/mol. The van der Waals surface area contributed by atoms with Gasteiger partial charge in [0.1, 0.15) is 0 Å². The van der Waals surface area contributed by atoms with Gasteiger partial charge in [-0.2, -0.15) is 5.21 Å². The Morgan fingerprint density at radius 2 is 1.89 bits per heavy atom. The van der Waals surface area contributed by atoms with Crippen molar-refractivity contribution in [2.45, 2.75) is 6.92 Å². The van der Waals surface area contributed by atoms with Crippen LogP contribution in [0.5, 0.6) is 0 Å². The number of hydrogen-bond donors (Lipinski definition) is 0. The molecule has 0 aliphatic heterocycles. The summed E-state index contributed by atoms with van der Waals surface area (Å²) in [5, 5.41) is 13.3. The van der Waals surface area contributed by atoms with Gasteiger partial charge in [0, 0.05) is 5.82 Å². The van der Waals surface area contributed by atoms with Crippen LogP contribution in [0.3, 0.4) is 0 Å². The zero-order valence-electron chi connectivity index (χ0n) is 5.29. The standard InChI is InChI=1S/C2H3N4.Na.2H2O/c1-2-3-5-6-4-2;;;/h1H3;;2*1H2/q-1;+1;;. The van der Waals surface area contributed by atoms with Crippen LogP contribution in [0.4, 0.5) is 0 Å². The quantitative estimate of drug-likeness (QED) is 0.336. The molecule has 0 fully saturated rings. The molecule has 1 aromatic heterocycles. The molecule has 48 valence electrons. The minimum atomic E-state index is 0. The molecule has 0 radical (unpaired) electrons. The second-order valence-corrected chi connectivity index (χ2v) is 0.926. The molecule has 0 spiro atoms. The fourth-order valence-corrected chi connectivity index (χ4v) is 0.189. The average molecular weight is 142 g/mol. The van der Waals surface area contributed by atoms with Gasteiger partial charge in [-0.25, -0.2) is 0 Å². The summed E-state index contributed by atoms with van der Waals surface area (Å²) in [7, 11) is 0. The van der Waals surface area contributed by atoms with Gasteiger partial charge in [-0.15, -0.1) is 0 Å². The van der Waals surface area contributed by atoms with E-state index in [1.165, 1.54) is 0 Å². The summed E-state index contributed by atoms with van der Waals surface area (Å²) in [4.78, 5) is 0. The second kappa shape index (κ2) is 7.99. The number of tetrazole rings is 1. The van der Waals surface area contributed by atoms with Crippen molar-refractivity contribution in [1.82, 2.24) is 20.6 Å². The van der Waals surface area contributed by atoms with Crippen LogP contribution in [0.25, 0.3) is 0 Å². The Morgan fingerprint density at radius 3 is 2.00 bits per heavy atom. The number of aromatic nitrogens is 4. The molecular weight excluding hydrogens is 135 g/mol. The normalized spacial score (nSPS) is 5.89. The Balaban J connectivity index is -0.000000120. The third-order valence-electron chi connectivity index (χ3n) is 0.419. The van der Waals surface area contributed by atoms with Gasteiger partial charge in [0.05, 0.1) is 0 Å². The van der Waals surface area contributed by atoms with Crippen molar-refractivity contribution in [3.63, 3.8) is 0 Å². The summed E-state index contributed by atoms with van der Waals surface area (Å²) in [6.07, 6.45) is 0. The SMILES string of the molecule is Cc1nnn[n-]1.O.O.[Na+]. The molecule has 4 N–H and O–H groups in total. The molecule has 1 heterocycles. The van der Waals surface area contributed by atoms with E-state index in [0.717, 1.165) is 0 Å². The van der Waals surface area contributed by atoms with Gasteiger partial charge in [0.2, 0.25) is 0 Å². The van der Waals surface area contributed by atoms with E-state index in [1.54, 1.807) is 6.92 Å². The fraction of sp³-hybridized carbons (Fsp3) is 0.500. The summed E-state index contributed by atoms with van der Waals surface area (Å²) < 4.78 is 0. The first-order valence-electron chi connectivity index (χ1n) is 1.55. The number of nitrogens with zero attached hydrogens (tertiary/aromatic N) is 4. The molecule has 0 unspecified atom stereocenters. The fourth-order valence-electron chi connectivity index (χ4n) is 0.189. The van der Waals surface area contributed by atoms with Crippen molar-refractivity contribution in [2.24, 2.45) is 0 Å². The zero-order chi connectivity index (χ0) is 4.41. The van der Waals surface area contributed by atoms with Crippen LogP contribution in [0.15, 0.2) is 0 Å². The Kier molecular flexibility index (Phi) is 14.2. The van der Waals surface area contributed by atoms with Crippen molar-refractivity contribution >= 4 is 0 Å². The van der Waals surface area contributed by atoms with Crippen LogP contribution in [-0.2, 0) is 0 Å². The molecule has 7 heteroatoms. The van der Waals surface area contributed by atoms with Crippen LogP contribution in [0.2, 0.25) is 0 Å². The average Bonchev–Trinajstić information content (AvgIpc) is 1.86. The van der Waals surface area contributed by atoms with Gasteiger partial charge in [0.15, 0.2) is 0 Å². The van der Waals surface area contributed by atoms with E-state index in [-0.39, 0.29) is 40.5 Å². The molecular formula is C2H7N4NaO2. The van der Waals surface area contributed by atoms with Crippen LogP contribution in [0, 0.1) is 6.92 Å². The van der Waals surface area contributed by atoms with Crippen molar-refractivity contribution < 1.29 is 40.5 Å². The van der Waals surface area contributed by atoms with E-state index >= 15 is 0 Å². The Morgan fingerprint density at radius 1 is 1.33 bits per heavy atom. The van der Waals surface area contributed by atoms with Crippen molar-refractivity contribution in [3.05, 3.63) is 5.82 Å². The van der Waals surface area contributed by atoms with Crippen LogP contribution in [0.1, 0.15) is 5.82 Å². The third-order valence-corrected chi connectivity index (χ3v) is 0.419. The molecule has 0 aliphatic carbocycles. The van der Waals surface area contributed by atoms with Gasteiger partial charge in [-0.05, 0) is 6.92 Å². The first-order chi connectivity index (χ1) is 2.89. The van der Waals surface area contributed by atoms with E-state index in [1.807, 2.05) is 0 Å². The van der Waals surface area contributed by atoms with Crippen molar-refractivity contribution in [1.29, 1.82) is 0 Å². The van der Waals surface area contributed by atoms with Crippen LogP contribution < -0.4 is 34.7 Å². The van der Waals surface area contributed by atoms with E-state index in [9.17, 15) is 0 Å². The van der Waals surface area contributed by atoms with Crippen LogP contribution >= 0.6 is 0 Å². The topological polar surface area (TPSA) is 116 Å². The van der Waals surface area contributed by atoms with Gasteiger partial charge in [-0.3, -0.25) is 10.3 Å². The van der Waals surface area contributed by atoms with Gasteiger partial charge in [0.25, 0.3) is 0 Å². The molecule has 0 aliphatic rings. The number of aryl methyl sites for hydroxylation is 1. The molecule has 0 amide bonds. The first-order valence-corrected chi connectivity index (χ1v) is 1.55. The summed E-state index contributed by atoms with van der Waals surface area (Å²) in [6, 6.07) is 0. The summed E-state index contributed by atoms with van der Waals surface area (Å²) in [6.45, 7) is 1.74. The maximum absolute atomic E-state index is 3.44. The Bertz CT molecular complexity index is 120. The molecule has 0 saturated carbocycles. The molecule has 0 aromatic carbocycles. The molecule has 9 heavy (non-hydrogen) atoms. The zero-order valence-corrected chi connectivity index (χ0v) is 7.29. The van der Waals surface area contributed by atoms with Crippen molar-refractivity contribution in [2.75, 3.05) is 0 Å². The predicted molar refractivity (Wildman–Crippen MR) is 25.1 cm³/mol. The summed E-state index contributed by atoms with van der Waals surface area (Å²) in [5.74, 6) is 0.620. The molecule has 0 atom stereocenters. The maximum Gasteiger partial charge on any atom is 1.00 e. The maximum atomic E-state index is 3.44. The molecule has 1 aromatic rings. The summed E-state index contributed by atoms with van der Waals surface area (Å²) >= 11 is 0. The summed E-state index contributed by atoms with van der Waals surface area (Å²) in [5.41, 5.74) is 0. The van der Waals surface area contributed by atoms with Crippen molar-refractivity contribution in [3.8, 4) is 0 Å². The van der Waals surface area contributed by atoms with E-state index in [2.05, 4.69) is 20.6 Å². The first kappa shape index (κ1) is 16.0. The number of rotatable bonds is 0. The van der Waals surface area contributed by atoms with E-state index < -0.39 is 0 Å². The third kappa shape index (κ3) is 5.87. The Hall–Kier alpha value is -0.0100. The second-order valence-electron chi connectivity index (χ2n) is 0.926. The van der Waals surface area contributed by atoms with E-state index in [4.69, 9.17) is 0 Å². The minimum absolute atomic E-state index is 0. The smallest absolute Gasteiger partial charge is 0.412 e. The molecule has 0 saturated heterocycles. The van der Waals surface area contributed by atoms with Gasteiger partial charge < -0.3 is 16.1 Å². The molecule has 0 bridgehead atoms. The number of hydrogen-bond acceptors (Lipinski definition) is 3. The van der Waals surface area contributed by atoms with Gasteiger partial charge >= 0.3 is 29.6 Å². The Labute approximate surface area is 73.9 Å². The largest absolute Gasteiger partial charge is 1.00 e. The van der Waals surface area contributed by atoms with Crippen LogP contribution in [-0.4, -0.2) is 26.5 Å². The predicted octanol–water partition coefficient (Wildman–Crippen LogP) is -5.51. The molecule has 1 rings (SSSR count).